The van der Waals surface area contributed by atoms with Crippen molar-refractivity contribution in [2.24, 2.45) is 0 Å². The Morgan fingerprint density at radius 1 is 1.14 bits per heavy atom. The fourth-order valence-corrected chi connectivity index (χ4v) is 2.24. The minimum atomic E-state index is -6.46. The van der Waals surface area contributed by atoms with Crippen LogP contribution < -0.4 is 0 Å². The van der Waals surface area contributed by atoms with Gasteiger partial charge >= 0.3 is 39.2 Å². The van der Waals surface area contributed by atoms with Crippen LogP contribution in [-0.2, 0) is 29.1 Å². The van der Waals surface area contributed by atoms with Gasteiger partial charge in [-0.15, -0.1) is 0 Å². The molecule has 0 bridgehead atoms. The van der Waals surface area contributed by atoms with E-state index in [1.165, 1.54) is 0 Å². The first-order valence-corrected chi connectivity index (χ1v) is 8.84. The standard InChI is InChI=1S/C13H17F7O8S/c1-3-8(21)28-11(9(22)26-2,12(16,17)18)27-7-5-4-6-10(14,15)13(19,20)29(23,24)25/h3,8,21H,1,4-7H2,2H3,(H,23,24,25). The van der Waals surface area contributed by atoms with Crippen molar-refractivity contribution in [2.75, 3.05) is 13.7 Å². The Morgan fingerprint density at radius 2 is 1.66 bits per heavy atom. The molecule has 172 valence electrons. The van der Waals surface area contributed by atoms with Crippen molar-refractivity contribution in [1.29, 1.82) is 0 Å². The lowest BCUT2D eigenvalue weighted by Gasteiger charge is -2.33. The molecule has 0 saturated heterocycles. The smallest absolute Gasteiger partial charge is 0.455 e. The molecule has 0 aromatic rings. The number of unbranched alkanes of at least 4 members (excludes halogenated alkanes) is 1. The predicted octanol–water partition coefficient (Wildman–Crippen LogP) is 2.24. The first-order valence-electron chi connectivity index (χ1n) is 7.40. The van der Waals surface area contributed by atoms with Gasteiger partial charge in [0, 0.05) is 6.42 Å². The minimum absolute atomic E-state index is 0.449. The van der Waals surface area contributed by atoms with Crippen molar-refractivity contribution in [3.63, 3.8) is 0 Å². The summed E-state index contributed by atoms with van der Waals surface area (Å²) in [4.78, 5) is 11.5. The van der Waals surface area contributed by atoms with E-state index >= 15 is 0 Å². The average molecular weight is 466 g/mol. The monoisotopic (exact) mass is 466 g/mol. The number of rotatable bonds is 12. The van der Waals surface area contributed by atoms with Gasteiger partial charge in [0.15, 0.2) is 6.29 Å². The van der Waals surface area contributed by atoms with Crippen LogP contribution in [0.5, 0.6) is 0 Å². The molecule has 0 rings (SSSR count). The van der Waals surface area contributed by atoms with Crippen LogP contribution in [0.2, 0.25) is 0 Å². The molecule has 0 aromatic carbocycles. The van der Waals surface area contributed by atoms with Crippen molar-refractivity contribution < 1.29 is 67.8 Å². The second-order valence-corrected chi connectivity index (χ2v) is 6.81. The van der Waals surface area contributed by atoms with E-state index < -0.39 is 71.4 Å². The SMILES string of the molecule is C=CC(O)OC(OCCCCC(F)(F)C(F)(F)S(=O)(=O)O)(C(=O)OC)C(F)(F)F. The number of aliphatic hydroxyl groups is 1. The number of esters is 1. The lowest BCUT2D eigenvalue weighted by atomic mass is 10.1. The highest BCUT2D eigenvalue weighted by Crippen LogP contribution is 2.42. The molecule has 0 amide bonds. The molecule has 0 aliphatic heterocycles. The fraction of sp³-hybridized carbons (Fsp3) is 0.769. The van der Waals surface area contributed by atoms with E-state index in [0.717, 1.165) is 0 Å². The lowest BCUT2D eigenvalue weighted by molar-refractivity contribution is -0.389. The first kappa shape index (κ1) is 27.5. The number of alkyl halides is 7. The summed E-state index contributed by atoms with van der Waals surface area (Å²) in [6.07, 6.45) is -11.3. The maximum absolute atomic E-state index is 13.3. The van der Waals surface area contributed by atoms with Gasteiger partial charge in [-0.3, -0.25) is 4.55 Å². The highest BCUT2D eigenvalue weighted by Gasteiger charge is 2.66. The predicted molar refractivity (Wildman–Crippen MR) is 79.3 cm³/mol. The van der Waals surface area contributed by atoms with Crippen LogP contribution in [0.3, 0.4) is 0 Å². The fourth-order valence-electron chi connectivity index (χ4n) is 1.76. The maximum atomic E-state index is 13.3. The van der Waals surface area contributed by atoms with Crippen LogP contribution in [0.4, 0.5) is 30.7 Å². The summed E-state index contributed by atoms with van der Waals surface area (Å²) in [5, 5.41) is 3.35. The van der Waals surface area contributed by atoms with E-state index in [9.17, 15) is 49.1 Å². The number of carbonyl (C=O) groups is 1. The number of ether oxygens (including phenoxy) is 3. The Bertz CT molecular complexity index is 679. The van der Waals surface area contributed by atoms with Gasteiger partial charge in [0.05, 0.1) is 13.7 Å². The molecular weight excluding hydrogens is 449 g/mol. The van der Waals surface area contributed by atoms with E-state index in [1.807, 2.05) is 0 Å². The normalized spacial score (nSPS) is 16.8. The molecule has 0 aromatic heterocycles. The van der Waals surface area contributed by atoms with Gasteiger partial charge in [0.25, 0.3) is 0 Å². The highest BCUT2D eigenvalue weighted by atomic mass is 32.2. The van der Waals surface area contributed by atoms with E-state index in [4.69, 9.17) is 4.55 Å². The molecule has 2 unspecified atom stereocenters. The molecular formula is C13H17F7O8S. The van der Waals surface area contributed by atoms with Gasteiger partial charge in [-0.25, -0.2) is 4.79 Å². The molecule has 0 aliphatic rings. The van der Waals surface area contributed by atoms with Crippen LogP contribution >= 0.6 is 0 Å². The quantitative estimate of drug-likeness (QED) is 0.112. The van der Waals surface area contributed by atoms with E-state index in [0.29, 0.717) is 13.2 Å². The Balaban J connectivity index is 5.23. The summed E-state index contributed by atoms with van der Waals surface area (Å²) in [6, 6.07) is 0. The number of hydrogen-bond donors (Lipinski definition) is 2. The van der Waals surface area contributed by atoms with Gasteiger partial charge in [0.2, 0.25) is 0 Å². The largest absolute Gasteiger partial charge is 0.465 e. The number of carbonyl (C=O) groups excluding carboxylic acids is 1. The van der Waals surface area contributed by atoms with Gasteiger partial charge in [-0.1, -0.05) is 6.58 Å². The molecule has 8 nitrogen and oxygen atoms in total. The molecule has 0 spiro atoms. The number of aliphatic hydroxyl groups excluding tert-OH is 1. The molecule has 2 atom stereocenters. The topological polar surface area (TPSA) is 119 Å². The van der Waals surface area contributed by atoms with Crippen molar-refractivity contribution in [3.05, 3.63) is 12.7 Å². The lowest BCUT2D eigenvalue weighted by Crippen LogP contribution is -2.58. The minimum Gasteiger partial charge on any atom is -0.465 e. The molecule has 29 heavy (non-hydrogen) atoms. The van der Waals surface area contributed by atoms with Crippen LogP contribution in [0.25, 0.3) is 0 Å². The maximum Gasteiger partial charge on any atom is 0.455 e. The number of halogens is 7. The van der Waals surface area contributed by atoms with E-state index in [2.05, 4.69) is 20.8 Å². The van der Waals surface area contributed by atoms with Gasteiger partial charge in [0.1, 0.15) is 0 Å². The summed E-state index contributed by atoms with van der Waals surface area (Å²) in [6.45, 7) is 1.73. The second kappa shape index (κ2) is 9.55. The molecule has 0 radical (unpaired) electrons. The van der Waals surface area contributed by atoms with Crippen molar-refractivity contribution in [2.45, 2.75) is 48.7 Å². The zero-order valence-corrected chi connectivity index (χ0v) is 15.4. The zero-order valence-electron chi connectivity index (χ0n) is 14.6. The number of methoxy groups -OCH3 is 1. The van der Waals surface area contributed by atoms with Crippen molar-refractivity contribution in [1.82, 2.24) is 0 Å². The molecule has 2 N–H and O–H groups in total. The van der Waals surface area contributed by atoms with Crippen LogP contribution in [-0.4, -0.2) is 67.2 Å². The van der Waals surface area contributed by atoms with E-state index in [-0.39, 0.29) is 0 Å². The van der Waals surface area contributed by atoms with Crippen LogP contribution in [0, 0.1) is 0 Å². The Hall–Kier alpha value is -1.49. The Morgan fingerprint density at radius 3 is 2.03 bits per heavy atom. The van der Waals surface area contributed by atoms with Crippen molar-refractivity contribution in [3.8, 4) is 0 Å². The Kier molecular flexibility index (Phi) is 9.06. The van der Waals surface area contributed by atoms with Crippen molar-refractivity contribution >= 4 is 16.1 Å². The number of hydrogen-bond acceptors (Lipinski definition) is 7. The summed E-state index contributed by atoms with van der Waals surface area (Å²) in [7, 11) is -5.94. The van der Waals surface area contributed by atoms with E-state index in [1.54, 1.807) is 0 Å². The highest BCUT2D eigenvalue weighted by molar-refractivity contribution is 7.87. The van der Waals surface area contributed by atoms with Crippen LogP contribution in [0.1, 0.15) is 19.3 Å². The van der Waals surface area contributed by atoms with Gasteiger partial charge in [-0.2, -0.15) is 39.2 Å². The third-order valence-corrected chi connectivity index (χ3v) is 4.20. The second-order valence-electron chi connectivity index (χ2n) is 5.35. The summed E-state index contributed by atoms with van der Waals surface area (Å²) in [5.41, 5.74) is 0. The molecule has 0 fully saturated rings. The zero-order chi connectivity index (χ0) is 23.3. The summed E-state index contributed by atoms with van der Waals surface area (Å²) >= 11 is 0. The first-order chi connectivity index (χ1) is 12.9. The third kappa shape index (κ3) is 6.24. The molecule has 0 heterocycles. The summed E-state index contributed by atoms with van der Waals surface area (Å²) in [5.74, 6) is -11.6. The van der Waals surface area contributed by atoms with Crippen LogP contribution in [0.15, 0.2) is 12.7 Å². The van der Waals surface area contributed by atoms with Gasteiger partial charge < -0.3 is 19.3 Å². The van der Waals surface area contributed by atoms with Gasteiger partial charge in [-0.05, 0) is 18.9 Å². The summed E-state index contributed by atoms with van der Waals surface area (Å²) < 4.78 is 134. The molecule has 16 heteroatoms. The molecule has 0 aliphatic carbocycles. The molecule has 0 saturated carbocycles. The third-order valence-electron chi connectivity index (χ3n) is 3.26. The average Bonchev–Trinajstić information content (AvgIpc) is 2.57. The Labute approximate surface area is 160 Å².